The van der Waals surface area contributed by atoms with Gasteiger partial charge < -0.3 is 43.2 Å². The summed E-state index contributed by atoms with van der Waals surface area (Å²) in [6.45, 7) is 0. The third-order valence-electron chi connectivity index (χ3n) is 3.21. The topological polar surface area (TPSA) is 199 Å². The van der Waals surface area contributed by atoms with Crippen LogP contribution >= 0.6 is 0 Å². The molecule has 12 N–H and O–H groups in total. The molecule has 3 rings (SSSR count). The fraction of sp³-hybridized carbons (Fsp3) is 0. The van der Waals surface area contributed by atoms with Crippen molar-refractivity contribution in [3.8, 4) is 0 Å². The maximum absolute atomic E-state index is 11.7. The number of furan rings is 1. The van der Waals surface area contributed by atoms with Crippen LogP contribution in [0.1, 0.15) is 0 Å². The second kappa shape index (κ2) is 3.41. The van der Waals surface area contributed by atoms with Crippen molar-refractivity contribution in [1.82, 2.24) is 0 Å². The zero-order valence-corrected chi connectivity index (χ0v) is 10.2. The second-order valence-electron chi connectivity index (χ2n) is 4.33. The van der Waals surface area contributed by atoms with E-state index in [1.165, 1.54) is 0 Å². The normalized spacial score (nSPS) is 11.4. The number of hydrogen-bond acceptors (Lipinski definition) is 9. The third kappa shape index (κ3) is 1.18. The van der Waals surface area contributed by atoms with Crippen molar-refractivity contribution in [2.24, 2.45) is 0 Å². The van der Waals surface area contributed by atoms with E-state index in [-0.39, 0.29) is 56.3 Å². The molecule has 0 spiro atoms. The SMILES string of the molecule is Nc1oc2c(N)c(N)c3c(N)c(N)c(=O)oc3c2c1N. The fourth-order valence-corrected chi connectivity index (χ4v) is 2.14. The van der Waals surface area contributed by atoms with Gasteiger partial charge in [-0.25, -0.2) is 4.79 Å². The van der Waals surface area contributed by atoms with Crippen molar-refractivity contribution < 1.29 is 8.83 Å². The van der Waals surface area contributed by atoms with E-state index in [1.54, 1.807) is 0 Å². The van der Waals surface area contributed by atoms with E-state index >= 15 is 0 Å². The average Bonchev–Trinajstić information content (AvgIpc) is 2.70. The van der Waals surface area contributed by atoms with Gasteiger partial charge in [0.25, 0.3) is 0 Å². The van der Waals surface area contributed by atoms with E-state index in [9.17, 15) is 4.79 Å². The molecule has 0 saturated heterocycles. The first-order valence-electron chi connectivity index (χ1n) is 5.50. The molecule has 0 fully saturated rings. The minimum absolute atomic E-state index is 0.0264. The van der Waals surface area contributed by atoms with Crippen LogP contribution in [0.4, 0.5) is 34.3 Å². The maximum Gasteiger partial charge on any atom is 0.361 e. The minimum atomic E-state index is -0.806. The molecular weight excluding hydrogens is 264 g/mol. The van der Waals surface area contributed by atoms with Crippen LogP contribution in [0.25, 0.3) is 21.9 Å². The van der Waals surface area contributed by atoms with Gasteiger partial charge in [0, 0.05) is 0 Å². The van der Waals surface area contributed by atoms with Crippen molar-refractivity contribution in [3.05, 3.63) is 10.4 Å². The van der Waals surface area contributed by atoms with Gasteiger partial charge in [-0.1, -0.05) is 0 Å². The maximum atomic E-state index is 11.7. The molecule has 20 heavy (non-hydrogen) atoms. The highest BCUT2D eigenvalue weighted by molar-refractivity contribution is 6.23. The first-order valence-corrected chi connectivity index (χ1v) is 5.50. The molecule has 0 saturated carbocycles. The molecule has 0 amide bonds. The monoisotopic (exact) mass is 276 g/mol. The lowest BCUT2D eigenvalue weighted by Gasteiger charge is -2.09. The Labute approximate surface area is 111 Å². The lowest BCUT2D eigenvalue weighted by molar-refractivity contribution is 0.568. The number of benzene rings is 1. The van der Waals surface area contributed by atoms with Gasteiger partial charge in [-0.3, -0.25) is 0 Å². The van der Waals surface area contributed by atoms with Gasteiger partial charge in [0.1, 0.15) is 11.4 Å². The lowest BCUT2D eigenvalue weighted by Crippen LogP contribution is -2.12. The van der Waals surface area contributed by atoms with Crippen molar-refractivity contribution >= 4 is 56.3 Å². The Morgan fingerprint density at radius 1 is 0.600 bits per heavy atom. The summed E-state index contributed by atoms with van der Waals surface area (Å²) in [5.41, 5.74) is 33.9. The lowest BCUT2D eigenvalue weighted by atomic mass is 10.1. The van der Waals surface area contributed by atoms with Gasteiger partial charge in [-0.15, -0.1) is 0 Å². The Hall–Kier alpha value is -3.23. The molecule has 2 aromatic heterocycles. The van der Waals surface area contributed by atoms with E-state index < -0.39 is 5.63 Å². The number of fused-ring (bicyclic) bond motifs is 3. The van der Waals surface area contributed by atoms with Crippen molar-refractivity contribution in [3.63, 3.8) is 0 Å². The molecule has 1 aromatic carbocycles. The summed E-state index contributed by atoms with van der Waals surface area (Å²) < 4.78 is 10.4. The molecule has 104 valence electrons. The van der Waals surface area contributed by atoms with Gasteiger partial charge >= 0.3 is 5.63 Å². The Kier molecular flexibility index (Phi) is 2.02. The van der Waals surface area contributed by atoms with Crippen molar-refractivity contribution in [2.75, 3.05) is 34.4 Å². The Morgan fingerprint density at radius 3 is 1.85 bits per heavy atom. The predicted octanol–water partition coefficient (Wildman–Crippen LogP) is 0.0324. The van der Waals surface area contributed by atoms with Crippen LogP contribution < -0.4 is 40.0 Å². The smallest absolute Gasteiger partial charge is 0.361 e. The zero-order valence-electron chi connectivity index (χ0n) is 10.2. The number of rotatable bonds is 0. The number of nitrogens with two attached hydrogens (primary N) is 6. The first kappa shape index (κ1) is 11.8. The van der Waals surface area contributed by atoms with E-state index in [4.69, 9.17) is 43.2 Å². The highest BCUT2D eigenvalue weighted by atomic mass is 16.4. The van der Waals surface area contributed by atoms with Gasteiger partial charge in [0.2, 0.25) is 5.88 Å². The van der Waals surface area contributed by atoms with Crippen molar-refractivity contribution in [2.45, 2.75) is 0 Å². The summed E-state index contributed by atoms with van der Waals surface area (Å²) in [4.78, 5) is 11.7. The van der Waals surface area contributed by atoms with Crippen LogP contribution in [-0.4, -0.2) is 0 Å². The van der Waals surface area contributed by atoms with Crippen LogP contribution in [0.15, 0.2) is 13.6 Å². The molecule has 0 bridgehead atoms. The summed E-state index contributed by atoms with van der Waals surface area (Å²) in [5.74, 6) is -0.0587. The Bertz CT molecular complexity index is 939. The summed E-state index contributed by atoms with van der Waals surface area (Å²) in [7, 11) is 0. The van der Waals surface area contributed by atoms with E-state index in [0.29, 0.717) is 0 Å². The molecule has 0 atom stereocenters. The van der Waals surface area contributed by atoms with Crippen LogP contribution in [0.2, 0.25) is 0 Å². The number of anilines is 6. The molecule has 3 aromatic rings. The summed E-state index contributed by atoms with van der Waals surface area (Å²) >= 11 is 0. The van der Waals surface area contributed by atoms with E-state index in [2.05, 4.69) is 0 Å². The molecule has 0 aliphatic heterocycles. The molecule has 0 aliphatic rings. The molecule has 0 unspecified atom stereocenters. The largest absolute Gasteiger partial charge is 0.436 e. The fourth-order valence-electron chi connectivity index (χ4n) is 2.14. The summed E-state index contributed by atoms with van der Waals surface area (Å²) in [6.07, 6.45) is 0. The second-order valence-corrected chi connectivity index (χ2v) is 4.33. The van der Waals surface area contributed by atoms with Crippen LogP contribution in [0.3, 0.4) is 0 Å². The van der Waals surface area contributed by atoms with Crippen LogP contribution in [-0.2, 0) is 0 Å². The summed E-state index contributed by atoms with van der Waals surface area (Å²) in [6, 6.07) is 0. The molecule has 9 nitrogen and oxygen atoms in total. The van der Waals surface area contributed by atoms with Gasteiger partial charge in [0.15, 0.2) is 11.2 Å². The summed E-state index contributed by atoms with van der Waals surface area (Å²) in [5, 5.41) is 0.451. The Morgan fingerprint density at radius 2 is 1.20 bits per heavy atom. The quantitative estimate of drug-likeness (QED) is 0.186. The van der Waals surface area contributed by atoms with Crippen LogP contribution in [0.5, 0.6) is 0 Å². The van der Waals surface area contributed by atoms with E-state index in [0.717, 1.165) is 0 Å². The third-order valence-corrected chi connectivity index (χ3v) is 3.21. The first-order chi connectivity index (χ1) is 9.34. The predicted molar refractivity (Wildman–Crippen MR) is 78.7 cm³/mol. The molecule has 0 radical (unpaired) electrons. The van der Waals surface area contributed by atoms with Gasteiger partial charge in [-0.2, -0.15) is 0 Å². The van der Waals surface area contributed by atoms with E-state index in [1.807, 2.05) is 0 Å². The zero-order chi connectivity index (χ0) is 14.8. The van der Waals surface area contributed by atoms with Crippen LogP contribution in [0, 0.1) is 0 Å². The highest BCUT2D eigenvalue weighted by Gasteiger charge is 2.23. The van der Waals surface area contributed by atoms with Gasteiger partial charge in [-0.05, 0) is 0 Å². The molecule has 9 heteroatoms. The minimum Gasteiger partial charge on any atom is -0.436 e. The highest BCUT2D eigenvalue weighted by Crippen LogP contribution is 2.45. The molecule has 0 aliphatic carbocycles. The number of nitrogen functional groups attached to an aromatic ring is 6. The Balaban J connectivity index is 2.78. The average molecular weight is 276 g/mol. The standard InChI is InChI=1S/C11H12N6O3/c12-3-1-4(13)7(16)11(18)20-8(1)2-5(14)10(17)19-9(2)6(3)15/h12-17H2. The molecular formula is C11H12N6O3. The molecule has 2 heterocycles. The number of hydrogen-bond donors (Lipinski definition) is 6. The van der Waals surface area contributed by atoms with Crippen molar-refractivity contribution in [1.29, 1.82) is 0 Å². The van der Waals surface area contributed by atoms with Gasteiger partial charge in [0.05, 0.1) is 27.8 Å².